The first-order chi connectivity index (χ1) is 10.6. The van der Waals surface area contributed by atoms with E-state index in [0.717, 1.165) is 5.56 Å². The maximum Gasteiger partial charge on any atom is 0.251 e. The molecule has 0 aliphatic rings. The molecule has 0 fully saturated rings. The Morgan fingerprint density at radius 2 is 2.23 bits per heavy atom. The van der Waals surface area contributed by atoms with Gasteiger partial charge in [-0.15, -0.1) is 0 Å². The van der Waals surface area contributed by atoms with Crippen LogP contribution in [0.3, 0.4) is 0 Å². The summed E-state index contributed by atoms with van der Waals surface area (Å²) in [5.41, 5.74) is 1.50. The van der Waals surface area contributed by atoms with E-state index in [2.05, 4.69) is 10.3 Å². The summed E-state index contributed by atoms with van der Waals surface area (Å²) in [6.07, 6.45) is 3.56. The number of pyridine rings is 1. The largest absolute Gasteiger partial charge is 0.489 e. The van der Waals surface area contributed by atoms with Gasteiger partial charge in [-0.05, 0) is 37.6 Å². The Labute approximate surface area is 130 Å². The summed E-state index contributed by atoms with van der Waals surface area (Å²) in [7, 11) is 0. The first-order valence-corrected chi connectivity index (χ1v) is 7.23. The number of hydrogen-bond donors (Lipinski definition) is 2. The second kappa shape index (κ2) is 8.14. The van der Waals surface area contributed by atoms with Gasteiger partial charge in [0.2, 0.25) is 0 Å². The average molecular weight is 300 g/mol. The molecule has 1 atom stereocenters. The first kappa shape index (κ1) is 16.0. The van der Waals surface area contributed by atoms with Crippen molar-refractivity contribution >= 4 is 5.91 Å². The zero-order valence-electron chi connectivity index (χ0n) is 12.5. The third-order valence-electron chi connectivity index (χ3n) is 3.07. The third kappa shape index (κ3) is 5.18. The van der Waals surface area contributed by atoms with Crippen LogP contribution in [0, 0.1) is 0 Å². The number of benzene rings is 1. The summed E-state index contributed by atoms with van der Waals surface area (Å²) >= 11 is 0. The van der Waals surface area contributed by atoms with Crippen molar-refractivity contribution in [2.24, 2.45) is 0 Å². The maximum absolute atomic E-state index is 12.0. The highest BCUT2D eigenvalue weighted by atomic mass is 16.5. The number of aromatic nitrogens is 1. The van der Waals surface area contributed by atoms with E-state index in [1.54, 1.807) is 37.5 Å². The predicted octanol–water partition coefficient (Wildman–Crippen LogP) is 2.16. The van der Waals surface area contributed by atoms with Crippen LogP contribution in [-0.4, -0.2) is 28.6 Å². The van der Waals surface area contributed by atoms with Gasteiger partial charge in [-0.2, -0.15) is 0 Å². The van der Waals surface area contributed by atoms with Gasteiger partial charge in [-0.25, -0.2) is 0 Å². The number of aliphatic hydroxyl groups is 1. The molecule has 1 unspecified atom stereocenters. The minimum atomic E-state index is -0.422. The van der Waals surface area contributed by atoms with Crippen molar-refractivity contribution in [1.29, 1.82) is 0 Å². The fourth-order valence-corrected chi connectivity index (χ4v) is 1.87. The molecule has 0 saturated heterocycles. The Morgan fingerprint density at radius 3 is 2.95 bits per heavy atom. The summed E-state index contributed by atoms with van der Waals surface area (Å²) < 4.78 is 5.67. The lowest BCUT2D eigenvalue weighted by atomic mass is 10.2. The molecule has 5 heteroatoms. The number of aliphatic hydroxyl groups excluding tert-OH is 1. The summed E-state index contributed by atoms with van der Waals surface area (Å²) in [5.74, 6) is 0.458. The molecule has 0 aliphatic carbocycles. The topological polar surface area (TPSA) is 71.5 Å². The van der Waals surface area contributed by atoms with Crippen molar-refractivity contribution in [3.63, 3.8) is 0 Å². The first-order valence-electron chi connectivity index (χ1n) is 7.23. The Bertz CT molecular complexity index is 600. The van der Waals surface area contributed by atoms with E-state index < -0.39 is 6.10 Å². The van der Waals surface area contributed by atoms with Crippen LogP contribution in [0.1, 0.15) is 29.3 Å². The van der Waals surface area contributed by atoms with Crippen LogP contribution in [0.15, 0.2) is 48.8 Å². The Balaban J connectivity index is 1.90. The average Bonchev–Trinajstić information content (AvgIpc) is 2.54. The van der Waals surface area contributed by atoms with E-state index in [-0.39, 0.29) is 5.91 Å². The molecular formula is C17H20N2O3. The smallest absolute Gasteiger partial charge is 0.251 e. The van der Waals surface area contributed by atoms with Crippen molar-refractivity contribution in [3.05, 3.63) is 59.9 Å². The molecule has 0 saturated carbocycles. The highest BCUT2D eigenvalue weighted by Gasteiger charge is 2.07. The minimum Gasteiger partial charge on any atom is -0.489 e. The minimum absolute atomic E-state index is 0.174. The normalized spacial score (nSPS) is 11.7. The van der Waals surface area contributed by atoms with Gasteiger partial charge in [0, 0.05) is 30.1 Å². The van der Waals surface area contributed by atoms with Crippen LogP contribution in [0.2, 0.25) is 0 Å². The number of carbonyl (C=O) groups is 1. The molecule has 2 N–H and O–H groups in total. The van der Waals surface area contributed by atoms with Gasteiger partial charge in [-0.3, -0.25) is 9.78 Å². The van der Waals surface area contributed by atoms with Crippen molar-refractivity contribution < 1.29 is 14.6 Å². The molecule has 116 valence electrons. The van der Waals surface area contributed by atoms with E-state index in [9.17, 15) is 9.90 Å². The molecular weight excluding hydrogens is 280 g/mol. The van der Waals surface area contributed by atoms with Gasteiger partial charge in [0.15, 0.2) is 0 Å². The van der Waals surface area contributed by atoms with Gasteiger partial charge < -0.3 is 15.2 Å². The molecule has 0 aliphatic heterocycles. The third-order valence-corrected chi connectivity index (χ3v) is 3.07. The molecule has 0 bridgehead atoms. The number of hydrogen-bond acceptors (Lipinski definition) is 4. The van der Waals surface area contributed by atoms with Gasteiger partial charge in [-0.1, -0.05) is 12.1 Å². The standard InChI is InChI=1S/C17H20N2O3/c1-13(20)7-9-19-17(21)15-5-2-6-16(10-15)22-12-14-4-3-8-18-11-14/h2-6,8,10-11,13,20H,7,9,12H2,1H3,(H,19,21). The van der Waals surface area contributed by atoms with Crippen molar-refractivity contribution in [2.75, 3.05) is 6.54 Å². The highest BCUT2D eigenvalue weighted by Crippen LogP contribution is 2.15. The van der Waals surface area contributed by atoms with E-state index in [1.165, 1.54) is 0 Å². The van der Waals surface area contributed by atoms with Crippen LogP contribution in [-0.2, 0) is 6.61 Å². The van der Waals surface area contributed by atoms with Gasteiger partial charge in [0.1, 0.15) is 12.4 Å². The predicted molar refractivity (Wildman–Crippen MR) is 83.6 cm³/mol. The second-order valence-electron chi connectivity index (χ2n) is 5.07. The summed E-state index contributed by atoms with van der Waals surface area (Å²) in [4.78, 5) is 16.0. The van der Waals surface area contributed by atoms with Crippen molar-refractivity contribution in [3.8, 4) is 5.75 Å². The fourth-order valence-electron chi connectivity index (χ4n) is 1.87. The number of nitrogens with zero attached hydrogens (tertiary/aromatic N) is 1. The van der Waals surface area contributed by atoms with Gasteiger partial charge in [0.25, 0.3) is 5.91 Å². The monoisotopic (exact) mass is 300 g/mol. The van der Waals surface area contributed by atoms with Crippen LogP contribution in [0.25, 0.3) is 0 Å². The lowest BCUT2D eigenvalue weighted by molar-refractivity contribution is 0.0945. The molecule has 1 amide bonds. The quantitative estimate of drug-likeness (QED) is 0.822. The molecule has 5 nitrogen and oxygen atoms in total. The molecule has 0 radical (unpaired) electrons. The molecule has 1 heterocycles. The Hall–Kier alpha value is -2.40. The van der Waals surface area contributed by atoms with Crippen LogP contribution >= 0.6 is 0 Å². The number of nitrogens with one attached hydrogen (secondary N) is 1. The molecule has 22 heavy (non-hydrogen) atoms. The Morgan fingerprint density at radius 1 is 1.36 bits per heavy atom. The fraction of sp³-hybridized carbons (Fsp3) is 0.294. The van der Waals surface area contributed by atoms with E-state index in [0.29, 0.717) is 30.9 Å². The SMILES string of the molecule is CC(O)CCNC(=O)c1cccc(OCc2cccnc2)c1. The number of rotatable bonds is 7. The maximum atomic E-state index is 12.0. The van der Waals surface area contributed by atoms with Crippen LogP contribution in [0.5, 0.6) is 5.75 Å². The number of ether oxygens (including phenoxy) is 1. The summed E-state index contributed by atoms with van der Waals surface area (Å²) in [5, 5.41) is 11.9. The lowest BCUT2D eigenvalue weighted by Gasteiger charge is -2.09. The number of carbonyl (C=O) groups excluding carboxylic acids is 1. The summed E-state index contributed by atoms with van der Waals surface area (Å²) in [6.45, 7) is 2.54. The van der Waals surface area contributed by atoms with E-state index in [4.69, 9.17) is 4.74 Å². The Kier molecular flexibility index (Phi) is 5.91. The van der Waals surface area contributed by atoms with Crippen LogP contribution < -0.4 is 10.1 Å². The highest BCUT2D eigenvalue weighted by molar-refractivity contribution is 5.94. The van der Waals surface area contributed by atoms with Crippen molar-refractivity contribution in [1.82, 2.24) is 10.3 Å². The number of amides is 1. The molecule has 1 aromatic carbocycles. The van der Waals surface area contributed by atoms with Crippen molar-refractivity contribution in [2.45, 2.75) is 26.1 Å². The molecule has 2 aromatic rings. The van der Waals surface area contributed by atoms with E-state index >= 15 is 0 Å². The van der Waals surface area contributed by atoms with Gasteiger partial charge in [0.05, 0.1) is 6.10 Å². The second-order valence-corrected chi connectivity index (χ2v) is 5.07. The molecule has 0 spiro atoms. The van der Waals surface area contributed by atoms with Gasteiger partial charge >= 0.3 is 0 Å². The summed E-state index contributed by atoms with van der Waals surface area (Å²) in [6, 6.07) is 10.8. The zero-order chi connectivity index (χ0) is 15.8. The van der Waals surface area contributed by atoms with Crippen LogP contribution in [0.4, 0.5) is 0 Å². The molecule has 2 rings (SSSR count). The zero-order valence-corrected chi connectivity index (χ0v) is 12.5. The lowest BCUT2D eigenvalue weighted by Crippen LogP contribution is -2.26. The molecule has 1 aromatic heterocycles. The van der Waals surface area contributed by atoms with E-state index in [1.807, 2.05) is 18.2 Å².